The van der Waals surface area contributed by atoms with Crippen molar-refractivity contribution in [3.63, 3.8) is 0 Å². The Kier molecular flexibility index (Phi) is 4.81. The molecule has 0 radical (unpaired) electrons. The highest BCUT2D eigenvalue weighted by Gasteiger charge is 2.44. The van der Waals surface area contributed by atoms with Crippen LogP contribution >= 0.6 is 0 Å². The Morgan fingerprint density at radius 2 is 2.07 bits per heavy atom. The van der Waals surface area contributed by atoms with Crippen molar-refractivity contribution in [2.45, 2.75) is 56.6 Å². The van der Waals surface area contributed by atoms with Gasteiger partial charge in [0.25, 0.3) is 0 Å². The molecule has 2 aliphatic carbocycles. The van der Waals surface area contributed by atoms with Crippen molar-refractivity contribution in [3.05, 3.63) is 6.33 Å². The fraction of sp³-hybridized carbons (Fsp3) is 0.737. The molecule has 29 heavy (non-hydrogen) atoms. The van der Waals surface area contributed by atoms with E-state index in [-0.39, 0.29) is 5.82 Å². The van der Waals surface area contributed by atoms with E-state index >= 15 is 0 Å². The zero-order valence-corrected chi connectivity index (χ0v) is 16.2. The Labute approximate surface area is 168 Å². The Balaban J connectivity index is 1.33. The second kappa shape index (κ2) is 7.35. The van der Waals surface area contributed by atoms with Gasteiger partial charge in [0.05, 0.1) is 12.9 Å². The van der Waals surface area contributed by atoms with Crippen LogP contribution in [0, 0.1) is 17.8 Å². The number of rotatable bonds is 6. The van der Waals surface area contributed by atoms with Crippen LogP contribution in [-0.4, -0.2) is 66.3 Å². The average Bonchev–Trinajstić information content (AvgIpc) is 3.47. The van der Waals surface area contributed by atoms with Crippen molar-refractivity contribution in [3.8, 4) is 0 Å². The summed E-state index contributed by atoms with van der Waals surface area (Å²) < 4.78 is 7.12. The first kappa shape index (κ1) is 19.0. The van der Waals surface area contributed by atoms with Gasteiger partial charge in [0.1, 0.15) is 23.8 Å². The molecule has 10 nitrogen and oxygen atoms in total. The second-order valence-electron chi connectivity index (χ2n) is 8.64. The van der Waals surface area contributed by atoms with E-state index in [4.69, 9.17) is 10.5 Å². The van der Waals surface area contributed by atoms with Gasteiger partial charge in [-0.1, -0.05) is 6.42 Å². The van der Waals surface area contributed by atoms with Gasteiger partial charge in [-0.05, 0) is 43.4 Å². The van der Waals surface area contributed by atoms with E-state index < -0.39 is 31.1 Å². The molecule has 3 fully saturated rings. The smallest absolute Gasteiger partial charge is 0.226 e. The summed E-state index contributed by atoms with van der Waals surface area (Å²) in [4.78, 5) is 13.1. The zero-order valence-electron chi connectivity index (χ0n) is 16.2. The predicted octanol–water partition coefficient (Wildman–Crippen LogP) is 0.258. The van der Waals surface area contributed by atoms with Crippen molar-refractivity contribution in [1.29, 1.82) is 0 Å². The van der Waals surface area contributed by atoms with Gasteiger partial charge < -0.3 is 31.1 Å². The molecule has 2 aromatic heterocycles. The van der Waals surface area contributed by atoms with Gasteiger partial charge in [-0.15, -0.1) is 0 Å². The molecule has 158 valence electrons. The molecule has 2 saturated carbocycles. The van der Waals surface area contributed by atoms with Gasteiger partial charge in [-0.2, -0.15) is 9.97 Å². The minimum Gasteiger partial charge on any atom is -0.394 e. The number of anilines is 2. The Hall–Kier alpha value is -2.01. The fourth-order valence-corrected chi connectivity index (χ4v) is 5.41. The number of nitrogens with one attached hydrogen (secondary N) is 1. The van der Waals surface area contributed by atoms with Crippen molar-refractivity contribution in [1.82, 2.24) is 19.5 Å². The number of fused-ring (bicyclic) bond motifs is 3. The topological polar surface area (TPSA) is 152 Å². The lowest BCUT2D eigenvalue weighted by Gasteiger charge is -2.21. The number of hydrogen-bond donors (Lipinski definition) is 5. The molecule has 3 heterocycles. The van der Waals surface area contributed by atoms with Crippen LogP contribution in [-0.2, 0) is 4.74 Å². The van der Waals surface area contributed by atoms with Crippen LogP contribution in [0.5, 0.6) is 0 Å². The largest absolute Gasteiger partial charge is 0.394 e. The van der Waals surface area contributed by atoms with Crippen LogP contribution in [0.1, 0.15) is 38.3 Å². The van der Waals surface area contributed by atoms with E-state index in [2.05, 4.69) is 20.3 Å². The molecule has 0 amide bonds. The Morgan fingerprint density at radius 3 is 2.76 bits per heavy atom. The molecular weight excluding hydrogens is 376 g/mol. The quantitative estimate of drug-likeness (QED) is 0.456. The predicted molar refractivity (Wildman–Crippen MR) is 105 cm³/mol. The molecule has 0 aromatic carbocycles. The standard InChI is InChI=1S/C19H28N6O4/c20-16-13-17(25(8-22-13)18-15(28)14(27)12(7-26)29-18)24-19(23-16)21-4-3-11-6-9-1-2-10(11)5-9/h8-12,14-15,18,26-28H,1-7H2,(H3,20,21,23,24)/t9-,10+,11+,12-,14-,15-,18-/m1/s1. The van der Waals surface area contributed by atoms with Crippen molar-refractivity contribution >= 4 is 22.9 Å². The van der Waals surface area contributed by atoms with Gasteiger partial charge in [-0.25, -0.2) is 4.98 Å². The molecule has 2 aromatic rings. The van der Waals surface area contributed by atoms with Gasteiger partial charge in [0, 0.05) is 6.54 Å². The van der Waals surface area contributed by atoms with E-state index in [1.54, 1.807) is 0 Å². The third-order valence-corrected chi connectivity index (χ3v) is 6.92. The second-order valence-corrected chi connectivity index (χ2v) is 8.64. The highest BCUT2D eigenvalue weighted by Crippen LogP contribution is 2.49. The number of hydrogen-bond acceptors (Lipinski definition) is 9. The van der Waals surface area contributed by atoms with E-state index in [0.717, 1.165) is 30.7 Å². The van der Waals surface area contributed by atoms with Gasteiger partial charge >= 0.3 is 0 Å². The molecule has 7 atom stereocenters. The Bertz CT molecular complexity index is 891. The molecule has 6 N–H and O–H groups in total. The normalized spacial score (nSPS) is 36.3. The number of aromatic nitrogens is 4. The van der Waals surface area contributed by atoms with Crippen LogP contribution < -0.4 is 11.1 Å². The van der Waals surface area contributed by atoms with Crippen LogP contribution in [0.25, 0.3) is 11.2 Å². The molecule has 5 rings (SSSR count). The third kappa shape index (κ3) is 3.24. The molecule has 10 heteroatoms. The number of nitrogens with zero attached hydrogens (tertiary/aromatic N) is 4. The molecule has 1 aliphatic heterocycles. The molecule has 0 spiro atoms. The summed E-state index contributed by atoms with van der Waals surface area (Å²) in [6.07, 6.45) is 3.86. The lowest BCUT2D eigenvalue weighted by atomic mass is 9.86. The van der Waals surface area contributed by atoms with E-state index in [1.165, 1.54) is 36.6 Å². The SMILES string of the molecule is Nc1nc(NCC[C@H]2C[C@@H]3CC[C@H]2C3)nc2c1ncn2[C@@H]1O[C@H](CO)[C@@H](O)[C@H]1O. The average molecular weight is 404 g/mol. The Morgan fingerprint density at radius 1 is 1.21 bits per heavy atom. The molecular formula is C19H28N6O4. The summed E-state index contributed by atoms with van der Waals surface area (Å²) in [5, 5.41) is 32.9. The number of ether oxygens (including phenoxy) is 1. The van der Waals surface area contributed by atoms with Crippen molar-refractivity contribution < 1.29 is 20.1 Å². The highest BCUT2D eigenvalue weighted by molar-refractivity contribution is 5.83. The summed E-state index contributed by atoms with van der Waals surface area (Å²) in [5.74, 6) is 3.24. The summed E-state index contributed by atoms with van der Waals surface area (Å²) in [6.45, 7) is 0.384. The number of nitrogens with two attached hydrogens (primary N) is 1. The molecule has 2 bridgehead atoms. The molecule has 0 unspecified atom stereocenters. The minimum atomic E-state index is -1.21. The summed E-state index contributed by atoms with van der Waals surface area (Å²) in [7, 11) is 0. The van der Waals surface area contributed by atoms with Crippen LogP contribution in [0.3, 0.4) is 0 Å². The maximum absolute atomic E-state index is 10.3. The maximum Gasteiger partial charge on any atom is 0.226 e. The van der Waals surface area contributed by atoms with E-state index in [0.29, 0.717) is 17.1 Å². The number of imidazole rings is 1. The van der Waals surface area contributed by atoms with Crippen LogP contribution in [0.4, 0.5) is 11.8 Å². The lowest BCUT2D eigenvalue weighted by Crippen LogP contribution is -2.33. The monoisotopic (exact) mass is 404 g/mol. The number of nitrogen functional groups attached to an aromatic ring is 1. The van der Waals surface area contributed by atoms with E-state index in [1.807, 2.05) is 0 Å². The first-order chi connectivity index (χ1) is 14.0. The number of aliphatic hydroxyl groups excluding tert-OH is 3. The first-order valence-corrected chi connectivity index (χ1v) is 10.4. The zero-order chi connectivity index (χ0) is 20.1. The van der Waals surface area contributed by atoms with Crippen molar-refractivity contribution in [2.75, 3.05) is 24.2 Å². The summed E-state index contributed by atoms with van der Waals surface area (Å²) in [6, 6.07) is 0. The third-order valence-electron chi connectivity index (χ3n) is 6.92. The van der Waals surface area contributed by atoms with E-state index in [9.17, 15) is 15.3 Å². The van der Waals surface area contributed by atoms with Crippen LogP contribution in [0.15, 0.2) is 6.33 Å². The minimum absolute atomic E-state index is 0.239. The van der Waals surface area contributed by atoms with Crippen LogP contribution in [0.2, 0.25) is 0 Å². The summed E-state index contributed by atoms with van der Waals surface area (Å²) in [5.41, 5.74) is 6.88. The molecule has 1 saturated heterocycles. The first-order valence-electron chi connectivity index (χ1n) is 10.4. The maximum atomic E-state index is 10.3. The summed E-state index contributed by atoms with van der Waals surface area (Å²) >= 11 is 0. The van der Waals surface area contributed by atoms with Crippen molar-refractivity contribution in [2.24, 2.45) is 17.8 Å². The van der Waals surface area contributed by atoms with Gasteiger partial charge in [-0.3, -0.25) is 4.57 Å². The van der Waals surface area contributed by atoms with Gasteiger partial charge in [0.15, 0.2) is 17.7 Å². The highest BCUT2D eigenvalue weighted by atomic mass is 16.6. The molecule has 3 aliphatic rings. The lowest BCUT2D eigenvalue weighted by molar-refractivity contribution is -0.0511. The number of aliphatic hydroxyl groups is 3. The van der Waals surface area contributed by atoms with Gasteiger partial charge in [0.2, 0.25) is 5.95 Å². The fourth-order valence-electron chi connectivity index (χ4n) is 5.41.